The van der Waals surface area contributed by atoms with Crippen LogP contribution in [0.3, 0.4) is 0 Å². The molecule has 0 aliphatic rings. The van der Waals surface area contributed by atoms with Crippen molar-refractivity contribution in [3.05, 3.63) is 57.6 Å². The zero-order chi connectivity index (χ0) is 21.2. The van der Waals surface area contributed by atoms with E-state index in [1.807, 2.05) is 24.3 Å². The summed E-state index contributed by atoms with van der Waals surface area (Å²) in [6, 6.07) is 11.0. The van der Waals surface area contributed by atoms with Gasteiger partial charge < -0.3 is 20.1 Å². The lowest BCUT2D eigenvalue weighted by molar-refractivity contribution is -0.154. The quantitative estimate of drug-likeness (QED) is 0.424. The van der Waals surface area contributed by atoms with Gasteiger partial charge in [0.25, 0.3) is 0 Å². The first-order valence-corrected chi connectivity index (χ1v) is 9.93. The van der Waals surface area contributed by atoms with Gasteiger partial charge in [-0.2, -0.15) is 0 Å². The molecule has 0 radical (unpaired) electrons. The number of ether oxygens (including phenoxy) is 2. The molecule has 8 heteroatoms. The highest BCUT2D eigenvalue weighted by atomic mass is 35.5. The number of anilines is 2. The Hall–Kier alpha value is -2.44. The Morgan fingerprint density at radius 2 is 1.21 bits per heavy atom. The van der Waals surface area contributed by atoms with Crippen molar-refractivity contribution in [2.45, 2.75) is 19.3 Å². The van der Waals surface area contributed by atoms with Crippen LogP contribution in [0.15, 0.2) is 36.4 Å². The van der Waals surface area contributed by atoms with Gasteiger partial charge in [0.15, 0.2) is 0 Å². The van der Waals surface area contributed by atoms with E-state index in [1.165, 1.54) is 0 Å². The van der Waals surface area contributed by atoms with Crippen LogP contribution in [0.5, 0.6) is 0 Å². The summed E-state index contributed by atoms with van der Waals surface area (Å²) in [5, 5.41) is 7.27. The van der Waals surface area contributed by atoms with Crippen LogP contribution in [0.2, 0.25) is 10.0 Å². The van der Waals surface area contributed by atoms with Crippen molar-refractivity contribution in [3.8, 4) is 0 Å². The number of carbonyl (C=O) groups is 2. The molecular formula is C21H24Cl2N2O4. The first kappa shape index (κ1) is 22.8. The lowest BCUT2D eigenvalue weighted by atomic mass is 10.1. The summed E-state index contributed by atoms with van der Waals surface area (Å²) in [7, 11) is 3.58. The van der Waals surface area contributed by atoms with Crippen LogP contribution >= 0.6 is 23.2 Å². The number of carbonyl (C=O) groups excluding carboxylic acids is 2. The van der Waals surface area contributed by atoms with E-state index in [2.05, 4.69) is 10.6 Å². The predicted molar refractivity (Wildman–Crippen MR) is 116 cm³/mol. The van der Waals surface area contributed by atoms with E-state index in [1.54, 1.807) is 26.2 Å². The maximum absolute atomic E-state index is 11.9. The third kappa shape index (κ3) is 6.84. The van der Waals surface area contributed by atoms with Gasteiger partial charge in [0, 0.05) is 48.4 Å². The zero-order valence-electron chi connectivity index (χ0n) is 16.4. The standard InChI is InChI=1S/C21H24Cl2N2O4/c1-24-18-7-3-5-16(22)14(18)9-11-28-20(26)13-21(27)29-12-10-15-17(23)6-4-8-19(15)25-2/h3-8,24-25H,9-13H2,1-2H3. The molecule has 2 aromatic rings. The molecule has 0 saturated carbocycles. The van der Waals surface area contributed by atoms with E-state index >= 15 is 0 Å². The molecule has 0 aromatic heterocycles. The highest BCUT2D eigenvalue weighted by molar-refractivity contribution is 6.32. The molecule has 0 aliphatic heterocycles. The maximum Gasteiger partial charge on any atom is 0.317 e. The minimum absolute atomic E-state index is 0.121. The molecule has 2 aromatic carbocycles. The molecule has 0 spiro atoms. The highest BCUT2D eigenvalue weighted by Gasteiger charge is 2.14. The lowest BCUT2D eigenvalue weighted by Crippen LogP contribution is -2.16. The molecule has 29 heavy (non-hydrogen) atoms. The van der Waals surface area contributed by atoms with Crippen LogP contribution in [0.4, 0.5) is 11.4 Å². The molecule has 6 nitrogen and oxygen atoms in total. The number of rotatable bonds is 10. The molecule has 0 fully saturated rings. The van der Waals surface area contributed by atoms with Crippen molar-refractivity contribution >= 4 is 46.5 Å². The van der Waals surface area contributed by atoms with Gasteiger partial charge in [-0.3, -0.25) is 9.59 Å². The molecule has 2 rings (SSSR count). The van der Waals surface area contributed by atoms with Crippen LogP contribution in [0.1, 0.15) is 17.5 Å². The fraction of sp³-hybridized carbons (Fsp3) is 0.333. The molecular weight excluding hydrogens is 415 g/mol. The van der Waals surface area contributed by atoms with Crippen molar-refractivity contribution in [1.29, 1.82) is 0 Å². The molecule has 0 unspecified atom stereocenters. The monoisotopic (exact) mass is 438 g/mol. The topological polar surface area (TPSA) is 76.7 Å². The second-order valence-electron chi connectivity index (χ2n) is 6.15. The summed E-state index contributed by atoms with van der Waals surface area (Å²) < 4.78 is 10.3. The first-order valence-electron chi connectivity index (χ1n) is 9.17. The fourth-order valence-electron chi connectivity index (χ4n) is 2.85. The van der Waals surface area contributed by atoms with Gasteiger partial charge in [-0.25, -0.2) is 0 Å². The Labute approximate surface area is 180 Å². The summed E-state index contributed by atoms with van der Waals surface area (Å²) in [4.78, 5) is 23.7. The first-order chi connectivity index (χ1) is 14.0. The number of esters is 2. The number of hydrogen-bond acceptors (Lipinski definition) is 6. The van der Waals surface area contributed by atoms with Crippen molar-refractivity contribution in [1.82, 2.24) is 0 Å². The molecule has 2 N–H and O–H groups in total. The third-order valence-electron chi connectivity index (χ3n) is 4.30. The summed E-state index contributed by atoms with van der Waals surface area (Å²) in [5.74, 6) is -1.27. The van der Waals surface area contributed by atoms with Crippen LogP contribution in [0.25, 0.3) is 0 Å². The Morgan fingerprint density at radius 1 is 0.793 bits per heavy atom. The summed E-state index contributed by atoms with van der Waals surface area (Å²) in [6.07, 6.45) is 0.439. The Bertz CT molecular complexity index is 789. The van der Waals surface area contributed by atoms with Crippen LogP contribution in [0, 0.1) is 0 Å². The predicted octanol–water partition coefficient (Wildman–Crippen LogP) is 4.34. The van der Waals surface area contributed by atoms with E-state index in [-0.39, 0.29) is 13.2 Å². The molecule has 156 valence electrons. The van der Waals surface area contributed by atoms with Gasteiger partial charge in [-0.15, -0.1) is 0 Å². The van der Waals surface area contributed by atoms with Gasteiger partial charge in [0.1, 0.15) is 6.42 Å². The number of hydrogen-bond donors (Lipinski definition) is 2. The summed E-state index contributed by atoms with van der Waals surface area (Å²) in [5.41, 5.74) is 3.45. The van der Waals surface area contributed by atoms with E-state index < -0.39 is 18.4 Å². The fourth-order valence-corrected chi connectivity index (χ4v) is 3.39. The van der Waals surface area contributed by atoms with Gasteiger partial charge in [0.05, 0.1) is 13.2 Å². The zero-order valence-corrected chi connectivity index (χ0v) is 17.9. The molecule has 0 heterocycles. The Balaban J connectivity index is 1.74. The molecule has 0 amide bonds. The van der Waals surface area contributed by atoms with Gasteiger partial charge in [-0.05, 0) is 35.4 Å². The second-order valence-corrected chi connectivity index (χ2v) is 6.96. The number of nitrogens with one attached hydrogen (secondary N) is 2. The van der Waals surface area contributed by atoms with Crippen molar-refractivity contribution in [2.24, 2.45) is 0 Å². The smallest absolute Gasteiger partial charge is 0.317 e. The van der Waals surface area contributed by atoms with Gasteiger partial charge in [-0.1, -0.05) is 35.3 Å². The van der Waals surface area contributed by atoms with Crippen LogP contribution in [-0.2, 0) is 31.9 Å². The van der Waals surface area contributed by atoms with Crippen molar-refractivity contribution < 1.29 is 19.1 Å². The van der Waals surface area contributed by atoms with Gasteiger partial charge in [0.2, 0.25) is 0 Å². The van der Waals surface area contributed by atoms with E-state index in [9.17, 15) is 9.59 Å². The average Bonchev–Trinajstić information content (AvgIpc) is 2.70. The number of halogens is 2. The highest BCUT2D eigenvalue weighted by Crippen LogP contribution is 2.25. The van der Waals surface area contributed by atoms with Crippen LogP contribution in [-0.4, -0.2) is 39.2 Å². The van der Waals surface area contributed by atoms with Crippen molar-refractivity contribution in [2.75, 3.05) is 37.9 Å². The average molecular weight is 439 g/mol. The molecule has 0 atom stereocenters. The Kier molecular flexibility index (Phi) is 9.09. The second kappa shape index (κ2) is 11.5. The van der Waals surface area contributed by atoms with E-state index in [0.29, 0.717) is 22.9 Å². The maximum atomic E-state index is 11.9. The minimum atomic E-state index is -0.637. The SMILES string of the molecule is CNc1cccc(Cl)c1CCOC(=O)CC(=O)OCCc1c(Cl)cccc1NC. The molecule has 0 bridgehead atoms. The normalized spacial score (nSPS) is 10.3. The van der Waals surface area contributed by atoms with Crippen molar-refractivity contribution in [3.63, 3.8) is 0 Å². The third-order valence-corrected chi connectivity index (χ3v) is 5.00. The Morgan fingerprint density at radius 3 is 1.59 bits per heavy atom. The van der Waals surface area contributed by atoms with E-state index in [4.69, 9.17) is 32.7 Å². The molecule has 0 aliphatic carbocycles. The number of benzene rings is 2. The van der Waals surface area contributed by atoms with Crippen LogP contribution < -0.4 is 10.6 Å². The largest absolute Gasteiger partial charge is 0.465 e. The van der Waals surface area contributed by atoms with E-state index in [0.717, 1.165) is 22.5 Å². The molecule has 0 saturated heterocycles. The summed E-state index contributed by atoms with van der Waals surface area (Å²) in [6.45, 7) is 0.241. The minimum Gasteiger partial charge on any atom is -0.465 e. The lowest BCUT2D eigenvalue weighted by Gasteiger charge is -2.12. The summed E-state index contributed by atoms with van der Waals surface area (Å²) >= 11 is 12.4. The van der Waals surface area contributed by atoms with Gasteiger partial charge >= 0.3 is 11.9 Å².